The van der Waals surface area contributed by atoms with Gasteiger partial charge in [0.25, 0.3) is 0 Å². The Morgan fingerprint density at radius 2 is 1.96 bits per heavy atom. The van der Waals surface area contributed by atoms with E-state index in [1.54, 1.807) is 31.2 Å². The van der Waals surface area contributed by atoms with Crippen molar-refractivity contribution in [1.29, 1.82) is 0 Å². The summed E-state index contributed by atoms with van der Waals surface area (Å²) < 4.78 is 15.9. The van der Waals surface area contributed by atoms with Crippen molar-refractivity contribution < 1.29 is 28.3 Å². The van der Waals surface area contributed by atoms with Crippen molar-refractivity contribution >= 4 is 12.3 Å². The highest BCUT2D eigenvalue weighted by Gasteiger charge is 2.45. The van der Waals surface area contributed by atoms with Gasteiger partial charge in [0.1, 0.15) is 23.6 Å². The van der Waals surface area contributed by atoms with Crippen molar-refractivity contribution in [3.63, 3.8) is 0 Å². The van der Waals surface area contributed by atoms with E-state index >= 15 is 0 Å². The number of esters is 1. The minimum atomic E-state index is -0.722. The van der Waals surface area contributed by atoms with Crippen molar-refractivity contribution in [3.05, 3.63) is 59.6 Å². The molecule has 0 amide bonds. The van der Waals surface area contributed by atoms with Gasteiger partial charge in [-0.15, -0.1) is 0 Å². The fourth-order valence-electron chi connectivity index (χ4n) is 3.28. The number of allylic oxidation sites excluding steroid dienone is 1. The molecule has 1 aliphatic carbocycles. The van der Waals surface area contributed by atoms with Crippen molar-refractivity contribution in [1.82, 2.24) is 0 Å². The molecule has 0 aromatic carbocycles. The summed E-state index contributed by atoms with van der Waals surface area (Å²) in [7, 11) is 0. The second kappa shape index (κ2) is 6.78. The molecule has 3 rings (SSSR count). The lowest BCUT2D eigenvalue weighted by Gasteiger charge is -2.33. The topological polar surface area (TPSA) is 89.9 Å². The number of ether oxygens (including phenoxy) is 1. The molecule has 24 heavy (non-hydrogen) atoms. The Kier molecular flexibility index (Phi) is 4.55. The molecule has 6 nitrogen and oxygen atoms in total. The monoisotopic (exact) mass is 330 g/mol. The van der Waals surface area contributed by atoms with Crippen molar-refractivity contribution in [2.45, 2.75) is 25.2 Å². The van der Waals surface area contributed by atoms with Crippen LogP contribution in [-0.2, 0) is 14.3 Å². The Labute approximate surface area is 138 Å². The van der Waals surface area contributed by atoms with Gasteiger partial charge in [0.15, 0.2) is 0 Å². The third-order valence-electron chi connectivity index (χ3n) is 4.30. The van der Waals surface area contributed by atoms with Crippen molar-refractivity contribution in [3.8, 4) is 0 Å². The van der Waals surface area contributed by atoms with Crippen LogP contribution in [0.25, 0.3) is 0 Å². The van der Waals surface area contributed by atoms with Gasteiger partial charge in [-0.1, -0.05) is 0 Å². The number of aldehydes is 1. The predicted molar refractivity (Wildman–Crippen MR) is 83.4 cm³/mol. The molecule has 0 spiro atoms. The Bertz CT molecular complexity index is 726. The molecule has 2 heterocycles. The maximum atomic E-state index is 12.3. The molecule has 2 aromatic rings. The minimum Gasteiger partial charge on any atom is -0.512 e. The second-order valence-corrected chi connectivity index (χ2v) is 5.61. The van der Waals surface area contributed by atoms with Gasteiger partial charge in [0.05, 0.1) is 30.6 Å². The zero-order valence-electron chi connectivity index (χ0n) is 13.2. The molecular formula is C18H18O6. The maximum absolute atomic E-state index is 12.3. The second-order valence-electron chi connectivity index (χ2n) is 5.61. The molecule has 0 fully saturated rings. The largest absolute Gasteiger partial charge is 0.512 e. The van der Waals surface area contributed by atoms with E-state index in [0.29, 0.717) is 11.5 Å². The lowest BCUT2D eigenvalue weighted by molar-refractivity contribution is -0.139. The number of carbonyl (C=O) groups is 2. The Morgan fingerprint density at radius 3 is 2.50 bits per heavy atom. The van der Waals surface area contributed by atoms with Gasteiger partial charge in [-0.05, 0) is 31.2 Å². The molecule has 1 N–H and O–H groups in total. The van der Waals surface area contributed by atoms with Gasteiger partial charge in [-0.2, -0.15) is 0 Å². The minimum absolute atomic E-state index is 0.0757. The number of aliphatic hydroxyl groups is 1. The maximum Gasteiger partial charge on any atom is 0.338 e. The van der Waals surface area contributed by atoms with Crippen LogP contribution in [-0.4, -0.2) is 24.0 Å². The number of furan rings is 2. The van der Waals surface area contributed by atoms with E-state index in [9.17, 15) is 14.7 Å². The van der Waals surface area contributed by atoms with E-state index in [1.807, 2.05) is 0 Å². The number of aliphatic hydroxyl groups excluding tert-OH is 1. The molecular weight excluding hydrogens is 312 g/mol. The zero-order chi connectivity index (χ0) is 17.1. The standard InChI is InChI=1S/C18H18O6/c1-2-22-18(21)17-13(20)9-11(14-5-3-7-23-14)12(10-19)16(17)15-6-4-8-24-15/h3-8,10-12,16,20H,2,9H2,1H3/t11-,12-,16-/m0/s1. The van der Waals surface area contributed by atoms with Crippen LogP contribution in [0.3, 0.4) is 0 Å². The van der Waals surface area contributed by atoms with E-state index in [1.165, 1.54) is 12.5 Å². The summed E-state index contributed by atoms with van der Waals surface area (Å²) in [5.74, 6) is -1.45. The third-order valence-corrected chi connectivity index (χ3v) is 4.30. The normalized spacial score (nSPS) is 24.0. The first-order valence-electron chi connectivity index (χ1n) is 7.78. The fourth-order valence-corrected chi connectivity index (χ4v) is 3.28. The smallest absolute Gasteiger partial charge is 0.338 e. The van der Waals surface area contributed by atoms with E-state index < -0.39 is 17.8 Å². The van der Waals surface area contributed by atoms with Crippen LogP contribution in [0.1, 0.15) is 36.7 Å². The van der Waals surface area contributed by atoms with Crippen LogP contribution >= 0.6 is 0 Å². The predicted octanol–water partition coefficient (Wildman–Crippen LogP) is 3.33. The molecule has 6 heteroatoms. The quantitative estimate of drug-likeness (QED) is 0.668. The highest BCUT2D eigenvalue weighted by atomic mass is 16.5. The third kappa shape index (κ3) is 2.75. The van der Waals surface area contributed by atoms with Crippen LogP contribution in [0.5, 0.6) is 0 Å². The zero-order valence-corrected chi connectivity index (χ0v) is 13.2. The van der Waals surface area contributed by atoms with Crippen LogP contribution < -0.4 is 0 Å². The Balaban J connectivity index is 2.10. The lowest BCUT2D eigenvalue weighted by atomic mass is 9.69. The Hall–Kier alpha value is -2.76. The number of hydrogen-bond acceptors (Lipinski definition) is 6. The average Bonchev–Trinajstić information content (AvgIpc) is 3.27. The first kappa shape index (κ1) is 16.1. The lowest BCUT2D eigenvalue weighted by Crippen LogP contribution is -2.32. The fraction of sp³-hybridized carbons (Fsp3) is 0.333. The molecule has 126 valence electrons. The summed E-state index contributed by atoms with van der Waals surface area (Å²) in [6.45, 7) is 1.86. The van der Waals surface area contributed by atoms with Crippen LogP contribution in [0.15, 0.2) is 57.0 Å². The molecule has 0 unspecified atom stereocenters. The summed E-state index contributed by atoms with van der Waals surface area (Å²) in [5.41, 5.74) is 0.0757. The average molecular weight is 330 g/mol. The molecule has 1 aliphatic rings. The summed E-state index contributed by atoms with van der Waals surface area (Å²) in [6.07, 6.45) is 3.89. The molecule has 0 bridgehead atoms. The molecule has 0 radical (unpaired) electrons. The van der Waals surface area contributed by atoms with E-state index in [-0.39, 0.29) is 30.3 Å². The summed E-state index contributed by atoms with van der Waals surface area (Å²) in [4.78, 5) is 24.2. The van der Waals surface area contributed by atoms with E-state index in [4.69, 9.17) is 13.6 Å². The van der Waals surface area contributed by atoms with Gasteiger partial charge >= 0.3 is 5.97 Å². The molecule has 0 aliphatic heterocycles. The highest BCUT2D eigenvalue weighted by molar-refractivity contribution is 5.92. The van der Waals surface area contributed by atoms with Crippen molar-refractivity contribution in [2.24, 2.45) is 5.92 Å². The van der Waals surface area contributed by atoms with E-state index in [0.717, 1.165) is 6.29 Å². The molecule has 0 saturated carbocycles. The molecule has 3 atom stereocenters. The molecule has 0 saturated heterocycles. The Morgan fingerprint density at radius 1 is 1.29 bits per heavy atom. The van der Waals surface area contributed by atoms with Crippen LogP contribution in [0.2, 0.25) is 0 Å². The van der Waals surface area contributed by atoms with Gasteiger partial charge in [-0.3, -0.25) is 0 Å². The summed E-state index contributed by atoms with van der Waals surface area (Å²) in [5, 5.41) is 10.5. The summed E-state index contributed by atoms with van der Waals surface area (Å²) >= 11 is 0. The number of hydrogen-bond donors (Lipinski definition) is 1. The first-order chi connectivity index (χ1) is 11.7. The summed E-state index contributed by atoms with van der Waals surface area (Å²) in [6, 6.07) is 6.83. The van der Waals surface area contributed by atoms with Gasteiger partial charge < -0.3 is 23.5 Å². The number of rotatable bonds is 5. The van der Waals surface area contributed by atoms with Gasteiger partial charge in [0, 0.05) is 18.3 Å². The van der Waals surface area contributed by atoms with Crippen molar-refractivity contribution in [2.75, 3.05) is 6.61 Å². The van der Waals surface area contributed by atoms with Gasteiger partial charge in [-0.25, -0.2) is 4.79 Å². The van der Waals surface area contributed by atoms with E-state index in [2.05, 4.69) is 0 Å². The number of carbonyl (C=O) groups excluding carboxylic acids is 2. The van der Waals surface area contributed by atoms with Gasteiger partial charge in [0.2, 0.25) is 0 Å². The molecule has 2 aromatic heterocycles. The highest BCUT2D eigenvalue weighted by Crippen LogP contribution is 2.48. The SMILES string of the molecule is CCOC(=O)C1=C(O)C[C@H](c2ccco2)[C@H](C=O)[C@H]1c1ccco1. The van der Waals surface area contributed by atoms with Crippen LogP contribution in [0.4, 0.5) is 0 Å². The van der Waals surface area contributed by atoms with Crippen LogP contribution in [0, 0.1) is 5.92 Å². The first-order valence-corrected chi connectivity index (χ1v) is 7.78.